The van der Waals surface area contributed by atoms with Crippen molar-refractivity contribution in [2.24, 2.45) is 0 Å². The zero-order valence-corrected chi connectivity index (χ0v) is 8.58. The highest BCUT2D eigenvalue weighted by Crippen LogP contribution is 1.99. The van der Waals surface area contributed by atoms with E-state index >= 15 is 0 Å². The van der Waals surface area contributed by atoms with Crippen LogP contribution in [-0.4, -0.2) is 62.0 Å². The summed E-state index contributed by atoms with van der Waals surface area (Å²) in [6.07, 6.45) is 0. The minimum absolute atomic E-state index is 0.0423. The van der Waals surface area contributed by atoms with Crippen LogP contribution in [0.5, 0.6) is 0 Å². The van der Waals surface area contributed by atoms with Crippen molar-refractivity contribution < 1.29 is 9.59 Å². The first-order valence-electron chi connectivity index (χ1n) is 5.27. The number of amides is 2. The van der Waals surface area contributed by atoms with Gasteiger partial charge in [-0.3, -0.25) is 14.9 Å². The molecule has 15 heavy (non-hydrogen) atoms. The summed E-state index contributed by atoms with van der Waals surface area (Å²) >= 11 is 0. The Labute approximate surface area is 88.4 Å². The fourth-order valence-electron chi connectivity index (χ4n) is 1.85. The highest BCUT2D eigenvalue weighted by molar-refractivity contribution is 5.86. The molecule has 2 amide bonds. The van der Waals surface area contributed by atoms with E-state index in [1.807, 2.05) is 4.90 Å². The summed E-state index contributed by atoms with van der Waals surface area (Å²) < 4.78 is 0. The van der Waals surface area contributed by atoms with E-state index < -0.39 is 0 Å². The fraction of sp³-hybridized carbons (Fsp3) is 0.778. The van der Waals surface area contributed by atoms with E-state index in [1.165, 1.54) is 0 Å². The van der Waals surface area contributed by atoms with Gasteiger partial charge in [0.1, 0.15) is 6.04 Å². The van der Waals surface area contributed by atoms with Gasteiger partial charge in [0.05, 0.1) is 6.54 Å². The number of rotatable bonds is 1. The molecule has 0 aromatic heterocycles. The van der Waals surface area contributed by atoms with Gasteiger partial charge in [-0.25, -0.2) is 0 Å². The Balaban J connectivity index is 1.86. The van der Waals surface area contributed by atoms with Gasteiger partial charge >= 0.3 is 0 Å². The molecule has 1 atom stereocenters. The average molecular weight is 212 g/mol. The predicted molar refractivity (Wildman–Crippen MR) is 54.3 cm³/mol. The highest BCUT2D eigenvalue weighted by Gasteiger charge is 2.28. The molecule has 2 aliphatic rings. The Kier molecular flexibility index (Phi) is 3.17. The van der Waals surface area contributed by atoms with E-state index in [0.717, 1.165) is 26.2 Å². The first-order chi connectivity index (χ1) is 7.27. The first-order valence-corrected chi connectivity index (χ1v) is 5.27. The van der Waals surface area contributed by atoms with E-state index in [4.69, 9.17) is 0 Å². The Hall–Kier alpha value is -1.14. The lowest BCUT2D eigenvalue weighted by atomic mass is 10.2. The summed E-state index contributed by atoms with van der Waals surface area (Å²) in [7, 11) is 0. The molecule has 0 aromatic rings. The number of carbonyl (C=O) groups excluding carboxylic acids is 2. The molecule has 0 aliphatic carbocycles. The molecule has 0 bridgehead atoms. The van der Waals surface area contributed by atoms with Crippen LogP contribution in [0.2, 0.25) is 0 Å². The normalized spacial score (nSPS) is 27.3. The minimum atomic E-state index is -0.249. The number of hydrogen-bond acceptors (Lipinski definition) is 4. The van der Waals surface area contributed by atoms with Gasteiger partial charge in [-0.15, -0.1) is 0 Å². The molecule has 84 valence electrons. The molecule has 6 nitrogen and oxygen atoms in total. The second-order valence-corrected chi connectivity index (χ2v) is 3.81. The highest BCUT2D eigenvalue weighted by atomic mass is 16.2. The van der Waals surface area contributed by atoms with Gasteiger partial charge < -0.3 is 15.5 Å². The number of piperazine rings is 2. The van der Waals surface area contributed by atoms with Gasteiger partial charge in [-0.1, -0.05) is 0 Å². The van der Waals surface area contributed by atoms with Gasteiger partial charge in [0.2, 0.25) is 11.8 Å². The third-order valence-electron chi connectivity index (χ3n) is 2.74. The van der Waals surface area contributed by atoms with Crippen LogP contribution in [0.1, 0.15) is 0 Å². The predicted octanol–water partition coefficient (Wildman–Crippen LogP) is -2.49. The second kappa shape index (κ2) is 4.59. The van der Waals surface area contributed by atoms with Gasteiger partial charge in [-0.2, -0.15) is 0 Å². The van der Waals surface area contributed by atoms with Crippen LogP contribution in [0.4, 0.5) is 0 Å². The second-order valence-electron chi connectivity index (χ2n) is 3.81. The molecule has 3 N–H and O–H groups in total. The van der Waals surface area contributed by atoms with Crippen molar-refractivity contribution in [3.05, 3.63) is 0 Å². The van der Waals surface area contributed by atoms with Crippen molar-refractivity contribution in [2.45, 2.75) is 6.04 Å². The van der Waals surface area contributed by atoms with Crippen LogP contribution in [0, 0.1) is 0 Å². The number of hydrogen-bond donors (Lipinski definition) is 3. The zero-order valence-electron chi connectivity index (χ0n) is 8.58. The van der Waals surface area contributed by atoms with E-state index in [1.54, 1.807) is 0 Å². The lowest BCUT2D eigenvalue weighted by Crippen LogP contribution is -2.60. The van der Waals surface area contributed by atoms with Crippen LogP contribution < -0.4 is 16.0 Å². The topological polar surface area (TPSA) is 73.5 Å². The van der Waals surface area contributed by atoms with Crippen LogP contribution in [-0.2, 0) is 9.59 Å². The molecule has 0 aromatic carbocycles. The van der Waals surface area contributed by atoms with Crippen molar-refractivity contribution in [1.29, 1.82) is 0 Å². The molecule has 0 radical (unpaired) electrons. The van der Waals surface area contributed by atoms with Gasteiger partial charge in [0, 0.05) is 32.7 Å². The summed E-state index contributed by atoms with van der Waals surface area (Å²) in [4.78, 5) is 24.7. The lowest BCUT2D eigenvalue weighted by Gasteiger charge is -2.32. The summed E-state index contributed by atoms with van der Waals surface area (Å²) in [5.74, 6) is 0.0517. The first kappa shape index (κ1) is 10.4. The molecular weight excluding hydrogens is 196 g/mol. The minimum Gasteiger partial charge on any atom is -0.353 e. The molecule has 0 saturated carbocycles. The summed E-state index contributed by atoms with van der Waals surface area (Å²) in [6.45, 7) is 3.86. The Morgan fingerprint density at radius 1 is 1.33 bits per heavy atom. The van der Waals surface area contributed by atoms with E-state index in [-0.39, 0.29) is 24.4 Å². The largest absolute Gasteiger partial charge is 0.353 e. The summed E-state index contributed by atoms with van der Waals surface area (Å²) in [5, 5.41) is 8.83. The van der Waals surface area contributed by atoms with Crippen LogP contribution >= 0.6 is 0 Å². The lowest BCUT2D eigenvalue weighted by molar-refractivity contribution is -0.135. The Bertz CT molecular complexity index is 253. The van der Waals surface area contributed by atoms with Gasteiger partial charge in [0.15, 0.2) is 0 Å². The van der Waals surface area contributed by atoms with Crippen molar-refractivity contribution in [3.8, 4) is 0 Å². The number of nitrogens with one attached hydrogen (secondary N) is 3. The smallest absolute Gasteiger partial charge is 0.241 e. The number of nitrogens with zero attached hydrogens (tertiary/aromatic N) is 1. The molecule has 2 fully saturated rings. The summed E-state index contributed by atoms with van der Waals surface area (Å²) in [6, 6.07) is -0.249. The monoisotopic (exact) mass is 212 g/mol. The maximum Gasteiger partial charge on any atom is 0.241 e. The van der Waals surface area contributed by atoms with E-state index in [0.29, 0.717) is 6.54 Å². The van der Waals surface area contributed by atoms with Crippen LogP contribution in [0.3, 0.4) is 0 Å². The molecule has 0 spiro atoms. The summed E-state index contributed by atoms with van der Waals surface area (Å²) in [5.41, 5.74) is 0. The molecule has 2 saturated heterocycles. The Morgan fingerprint density at radius 3 is 2.67 bits per heavy atom. The molecule has 2 rings (SSSR count). The van der Waals surface area contributed by atoms with Crippen molar-refractivity contribution in [1.82, 2.24) is 20.9 Å². The van der Waals surface area contributed by atoms with Crippen LogP contribution in [0.15, 0.2) is 0 Å². The molecule has 2 aliphatic heterocycles. The van der Waals surface area contributed by atoms with Crippen LogP contribution in [0.25, 0.3) is 0 Å². The molecular formula is C9H16N4O2. The average Bonchev–Trinajstić information content (AvgIpc) is 2.30. The molecule has 1 unspecified atom stereocenters. The van der Waals surface area contributed by atoms with Crippen molar-refractivity contribution >= 4 is 11.8 Å². The fourth-order valence-corrected chi connectivity index (χ4v) is 1.85. The standard InChI is InChI=1S/C9H16N4O2/c14-8-6-11-7(5-12-8)9(15)13-3-1-10-2-4-13/h7,10-11H,1-6H2,(H,12,14). The SMILES string of the molecule is O=C1CNC(C(=O)N2CCNCC2)CN1. The number of carbonyl (C=O) groups is 2. The third-order valence-corrected chi connectivity index (χ3v) is 2.74. The maximum absolute atomic E-state index is 11.9. The van der Waals surface area contributed by atoms with Gasteiger partial charge in [0.25, 0.3) is 0 Å². The molecule has 6 heteroatoms. The van der Waals surface area contributed by atoms with Crippen molar-refractivity contribution in [2.75, 3.05) is 39.3 Å². The molecule has 2 heterocycles. The zero-order chi connectivity index (χ0) is 10.7. The van der Waals surface area contributed by atoms with E-state index in [2.05, 4.69) is 16.0 Å². The van der Waals surface area contributed by atoms with E-state index in [9.17, 15) is 9.59 Å². The van der Waals surface area contributed by atoms with Gasteiger partial charge in [-0.05, 0) is 0 Å². The Morgan fingerprint density at radius 2 is 2.07 bits per heavy atom. The maximum atomic E-state index is 11.9. The van der Waals surface area contributed by atoms with Crippen molar-refractivity contribution in [3.63, 3.8) is 0 Å². The third kappa shape index (κ3) is 2.45. The quantitative estimate of drug-likeness (QED) is 0.449.